The van der Waals surface area contributed by atoms with Gasteiger partial charge >= 0.3 is 0 Å². The molecule has 2 saturated heterocycles. The summed E-state index contributed by atoms with van der Waals surface area (Å²) in [6, 6.07) is 0.837. The van der Waals surface area contributed by atoms with Crippen LogP contribution in [0.4, 0.5) is 0 Å². The van der Waals surface area contributed by atoms with E-state index >= 15 is 0 Å². The van der Waals surface area contributed by atoms with Crippen LogP contribution in [-0.2, 0) is 4.84 Å². The number of rotatable bonds is 3. The highest BCUT2D eigenvalue weighted by molar-refractivity contribution is 4.84. The fourth-order valence-electron chi connectivity index (χ4n) is 1.05. The van der Waals surface area contributed by atoms with Crippen molar-refractivity contribution < 1.29 is 4.84 Å². The summed E-state index contributed by atoms with van der Waals surface area (Å²) >= 11 is 0. The second-order valence-electron chi connectivity index (χ2n) is 2.86. The summed E-state index contributed by atoms with van der Waals surface area (Å²) in [5.41, 5.74) is 2.81. The third kappa shape index (κ3) is 1.41. The van der Waals surface area contributed by atoms with E-state index in [9.17, 15) is 0 Å². The minimum absolute atomic E-state index is 0.373. The van der Waals surface area contributed by atoms with Crippen LogP contribution >= 0.6 is 0 Å². The first-order valence-corrected chi connectivity index (χ1v) is 3.51. The second kappa shape index (κ2) is 1.94. The molecule has 0 bridgehead atoms. The number of hydrogen-bond donors (Lipinski definition) is 1. The Morgan fingerprint density at radius 3 is 2.89 bits per heavy atom. The minimum atomic E-state index is 0.373. The van der Waals surface area contributed by atoms with E-state index in [1.165, 1.54) is 13.1 Å². The lowest BCUT2D eigenvalue weighted by molar-refractivity contribution is 0.349. The summed E-state index contributed by atoms with van der Waals surface area (Å²) in [6.07, 6.45) is 1.52. The van der Waals surface area contributed by atoms with Crippen LogP contribution in [0.5, 0.6) is 0 Å². The Balaban J connectivity index is 1.57. The fourth-order valence-corrected chi connectivity index (χ4v) is 1.05. The van der Waals surface area contributed by atoms with Gasteiger partial charge in [-0.15, -0.1) is 0 Å². The van der Waals surface area contributed by atoms with Crippen molar-refractivity contribution in [2.75, 3.05) is 13.1 Å². The van der Waals surface area contributed by atoms with E-state index in [0.29, 0.717) is 6.23 Å². The molecular weight excluding hydrogens is 116 g/mol. The summed E-state index contributed by atoms with van der Waals surface area (Å²) < 4.78 is 0. The first-order valence-electron chi connectivity index (χ1n) is 3.51. The zero-order chi connectivity index (χ0) is 6.27. The number of nitrogens with one attached hydrogen (secondary N) is 1. The van der Waals surface area contributed by atoms with Crippen molar-refractivity contribution >= 4 is 0 Å². The van der Waals surface area contributed by atoms with E-state index in [-0.39, 0.29) is 0 Å². The Kier molecular flexibility index (Phi) is 1.22. The molecule has 0 aromatic heterocycles. The molecule has 2 aliphatic rings. The molecule has 2 fully saturated rings. The maximum Gasteiger partial charge on any atom is 0.152 e. The lowest BCUT2D eigenvalue weighted by Crippen LogP contribution is -2.05. The molecule has 0 amide bonds. The quantitative estimate of drug-likeness (QED) is 0.541. The highest BCUT2D eigenvalue weighted by Crippen LogP contribution is 2.18. The molecule has 3 heteroatoms. The third-order valence-electron chi connectivity index (χ3n) is 1.95. The van der Waals surface area contributed by atoms with Gasteiger partial charge in [-0.3, -0.25) is 9.74 Å². The number of nitrogens with zero attached hydrogens (tertiary/aromatic N) is 1. The van der Waals surface area contributed by atoms with E-state index in [2.05, 4.69) is 17.3 Å². The first-order chi connectivity index (χ1) is 4.36. The van der Waals surface area contributed by atoms with Gasteiger partial charge < -0.3 is 0 Å². The molecular formula is C6H12N2O. The first kappa shape index (κ1) is 5.65. The average molecular weight is 128 g/mol. The molecule has 2 aliphatic heterocycles. The molecule has 2 rings (SSSR count). The molecule has 0 aliphatic carbocycles. The van der Waals surface area contributed by atoms with Crippen molar-refractivity contribution in [3.8, 4) is 0 Å². The van der Waals surface area contributed by atoms with Crippen molar-refractivity contribution in [3.05, 3.63) is 0 Å². The molecule has 52 valence electrons. The summed E-state index contributed by atoms with van der Waals surface area (Å²) in [6.45, 7) is 4.73. The molecule has 2 heterocycles. The number of hydroxylamine groups is 1. The van der Waals surface area contributed by atoms with Crippen molar-refractivity contribution in [1.29, 1.82) is 0 Å². The summed E-state index contributed by atoms with van der Waals surface area (Å²) in [5, 5.41) is 0. The Morgan fingerprint density at radius 2 is 2.44 bits per heavy atom. The van der Waals surface area contributed by atoms with E-state index < -0.39 is 0 Å². The Hall–Kier alpha value is -0.120. The highest BCUT2D eigenvalue weighted by atomic mass is 16.8. The van der Waals surface area contributed by atoms with Gasteiger partial charge in [-0.25, -0.2) is 0 Å². The van der Waals surface area contributed by atoms with Crippen molar-refractivity contribution in [1.82, 2.24) is 10.4 Å². The average Bonchev–Trinajstić information content (AvgIpc) is 2.60. The molecule has 0 radical (unpaired) electrons. The lowest BCUT2D eigenvalue weighted by atomic mass is 10.4. The van der Waals surface area contributed by atoms with E-state index in [4.69, 9.17) is 4.84 Å². The Morgan fingerprint density at radius 1 is 1.78 bits per heavy atom. The van der Waals surface area contributed by atoms with E-state index in [1.54, 1.807) is 0 Å². The van der Waals surface area contributed by atoms with Gasteiger partial charge in [-0.05, 0) is 6.92 Å². The molecule has 3 nitrogen and oxygen atoms in total. The molecule has 0 aromatic rings. The van der Waals surface area contributed by atoms with Crippen LogP contribution in [0.2, 0.25) is 0 Å². The normalized spacial score (nSPS) is 47.0. The highest BCUT2D eigenvalue weighted by Gasteiger charge is 2.31. The van der Waals surface area contributed by atoms with Gasteiger partial charge in [0.15, 0.2) is 6.23 Å². The molecule has 0 aromatic carbocycles. The minimum Gasteiger partial charge on any atom is -0.298 e. The largest absolute Gasteiger partial charge is 0.298 e. The van der Waals surface area contributed by atoms with Gasteiger partial charge in [0, 0.05) is 25.6 Å². The van der Waals surface area contributed by atoms with E-state index in [1.807, 2.05) is 0 Å². The molecule has 0 saturated carbocycles. The molecule has 9 heavy (non-hydrogen) atoms. The zero-order valence-electron chi connectivity index (χ0n) is 5.63. The summed E-state index contributed by atoms with van der Waals surface area (Å²) in [4.78, 5) is 7.28. The lowest BCUT2D eigenvalue weighted by Gasteiger charge is -1.95. The van der Waals surface area contributed by atoms with Gasteiger partial charge in [0.2, 0.25) is 0 Å². The second-order valence-corrected chi connectivity index (χ2v) is 2.86. The van der Waals surface area contributed by atoms with Gasteiger partial charge in [0.1, 0.15) is 0 Å². The monoisotopic (exact) mass is 128 g/mol. The van der Waals surface area contributed by atoms with Crippen LogP contribution in [0.25, 0.3) is 0 Å². The molecule has 0 spiro atoms. The van der Waals surface area contributed by atoms with Gasteiger partial charge in [0.25, 0.3) is 0 Å². The van der Waals surface area contributed by atoms with Crippen LogP contribution in [0.1, 0.15) is 13.3 Å². The van der Waals surface area contributed by atoms with Crippen LogP contribution < -0.4 is 5.48 Å². The third-order valence-corrected chi connectivity index (χ3v) is 1.95. The van der Waals surface area contributed by atoms with Crippen molar-refractivity contribution in [2.24, 2.45) is 0 Å². The van der Waals surface area contributed by atoms with E-state index in [0.717, 1.165) is 12.5 Å². The SMILES string of the molecule is CC1CN1CCC1NO1. The Labute approximate surface area is 54.9 Å². The smallest absolute Gasteiger partial charge is 0.152 e. The standard InChI is InChI=1S/C6H12N2O/c1-5-4-8(5)3-2-6-7-9-6/h5-7H,2-4H2,1H3. The molecule has 3 atom stereocenters. The van der Waals surface area contributed by atoms with Crippen molar-refractivity contribution in [3.63, 3.8) is 0 Å². The predicted octanol–water partition coefficient (Wildman–Crippen LogP) is -0.0585. The van der Waals surface area contributed by atoms with Gasteiger partial charge in [0.05, 0.1) is 0 Å². The van der Waals surface area contributed by atoms with Crippen molar-refractivity contribution in [2.45, 2.75) is 25.6 Å². The van der Waals surface area contributed by atoms with Gasteiger partial charge in [-0.2, -0.15) is 5.48 Å². The van der Waals surface area contributed by atoms with Crippen LogP contribution in [0.3, 0.4) is 0 Å². The molecule has 3 unspecified atom stereocenters. The number of hydrogen-bond acceptors (Lipinski definition) is 3. The van der Waals surface area contributed by atoms with Crippen LogP contribution in [-0.4, -0.2) is 30.3 Å². The van der Waals surface area contributed by atoms with Crippen LogP contribution in [0.15, 0.2) is 0 Å². The Bertz CT molecular complexity index is 114. The maximum absolute atomic E-state index is 4.85. The zero-order valence-corrected chi connectivity index (χ0v) is 5.63. The summed E-state index contributed by atoms with van der Waals surface area (Å²) in [5.74, 6) is 0. The van der Waals surface area contributed by atoms with Crippen LogP contribution in [0, 0.1) is 0 Å². The topological polar surface area (TPSA) is 37.5 Å². The summed E-state index contributed by atoms with van der Waals surface area (Å²) in [7, 11) is 0. The molecule has 1 N–H and O–H groups in total. The van der Waals surface area contributed by atoms with Gasteiger partial charge in [-0.1, -0.05) is 0 Å². The maximum atomic E-state index is 4.85. The fraction of sp³-hybridized carbons (Fsp3) is 1.00. The predicted molar refractivity (Wildman–Crippen MR) is 33.7 cm³/mol.